The fourth-order valence-corrected chi connectivity index (χ4v) is 1.30. The van der Waals surface area contributed by atoms with E-state index in [0.29, 0.717) is 5.69 Å². The van der Waals surface area contributed by atoms with Gasteiger partial charge in [0.2, 0.25) is 0 Å². The Morgan fingerprint density at radius 3 is 2.06 bits per heavy atom. The first-order valence-electron chi connectivity index (χ1n) is 5.86. The van der Waals surface area contributed by atoms with Gasteiger partial charge in [-0.2, -0.15) is 0 Å². The standard InChI is InChI=1S/C10H11NO.C4H8.CH4O/c1-6-3-8-9(11)5-12-10(8)4-7(6)2;1-3-4-2;1-2/h3-5H,11H2,1-2H3;3-4H,1-2H3;2H,1H3/b;4-3+;. The van der Waals surface area contributed by atoms with E-state index in [0.717, 1.165) is 18.1 Å². The molecule has 1 aromatic heterocycles. The number of aryl methyl sites for hydroxylation is 2. The second-order valence-corrected chi connectivity index (χ2v) is 3.79. The second kappa shape index (κ2) is 8.37. The van der Waals surface area contributed by atoms with Crippen molar-refractivity contribution in [3.05, 3.63) is 41.7 Å². The van der Waals surface area contributed by atoms with Gasteiger partial charge in [-0.15, -0.1) is 0 Å². The molecule has 0 radical (unpaired) electrons. The lowest BCUT2D eigenvalue weighted by Gasteiger charge is -1.98. The van der Waals surface area contributed by atoms with E-state index in [1.165, 1.54) is 11.1 Å². The van der Waals surface area contributed by atoms with Crippen LogP contribution in [0.25, 0.3) is 11.0 Å². The van der Waals surface area contributed by atoms with Gasteiger partial charge in [-0.25, -0.2) is 0 Å². The Hall–Kier alpha value is -1.74. The first-order valence-corrected chi connectivity index (χ1v) is 5.86. The van der Waals surface area contributed by atoms with E-state index >= 15 is 0 Å². The highest BCUT2D eigenvalue weighted by molar-refractivity contribution is 5.90. The number of fused-ring (bicyclic) bond motifs is 1. The number of allylic oxidation sites excluding steroid dienone is 2. The molecule has 100 valence electrons. The Morgan fingerprint density at radius 2 is 1.56 bits per heavy atom. The molecule has 0 spiro atoms. The van der Waals surface area contributed by atoms with Crippen molar-refractivity contribution in [2.45, 2.75) is 27.7 Å². The predicted molar refractivity (Wildman–Crippen MR) is 78.7 cm³/mol. The van der Waals surface area contributed by atoms with Crippen molar-refractivity contribution >= 4 is 16.7 Å². The van der Waals surface area contributed by atoms with Gasteiger partial charge in [-0.05, 0) is 51.0 Å². The smallest absolute Gasteiger partial charge is 0.136 e. The van der Waals surface area contributed by atoms with Crippen LogP contribution in [-0.4, -0.2) is 12.2 Å². The Bertz CT molecular complexity index is 494. The molecule has 0 aliphatic rings. The maximum atomic E-state index is 7.00. The summed E-state index contributed by atoms with van der Waals surface area (Å²) in [6.45, 7) is 8.13. The molecular formula is C15H23NO2. The topological polar surface area (TPSA) is 59.4 Å². The summed E-state index contributed by atoms with van der Waals surface area (Å²) in [5.41, 5.74) is 9.77. The molecule has 18 heavy (non-hydrogen) atoms. The summed E-state index contributed by atoms with van der Waals surface area (Å²) in [7, 11) is 1.00. The number of hydrogen-bond donors (Lipinski definition) is 2. The minimum absolute atomic E-state index is 0.716. The van der Waals surface area contributed by atoms with Crippen molar-refractivity contribution < 1.29 is 9.52 Å². The maximum Gasteiger partial charge on any atom is 0.136 e. The van der Waals surface area contributed by atoms with Gasteiger partial charge in [0.15, 0.2) is 0 Å². The Morgan fingerprint density at radius 1 is 1.06 bits per heavy atom. The molecular weight excluding hydrogens is 226 g/mol. The van der Waals surface area contributed by atoms with Crippen molar-refractivity contribution in [2.24, 2.45) is 0 Å². The SMILES string of the molecule is C/C=C/C.CO.Cc1cc2occ(N)c2cc1C. The van der Waals surface area contributed by atoms with Crippen molar-refractivity contribution in [3.63, 3.8) is 0 Å². The Balaban J connectivity index is 0.000000415. The van der Waals surface area contributed by atoms with E-state index < -0.39 is 0 Å². The van der Waals surface area contributed by atoms with Crippen LogP contribution in [0.2, 0.25) is 0 Å². The quantitative estimate of drug-likeness (QED) is 0.698. The Labute approximate surface area is 109 Å². The number of rotatable bonds is 0. The first kappa shape index (κ1) is 16.3. The van der Waals surface area contributed by atoms with Gasteiger partial charge in [-0.3, -0.25) is 0 Å². The van der Waals surface area contributed by atoms with E-state index in [4.69, 9.17) is 15.3 Å². The van der Waals surface area contributed by atoms with Gasteiger partial charge in [0, 0.05) is 12.5 Å². The fraction of sp³-hybridized carbons (Fsp3) is 0.333. The molecule has 3 nitrogen and oxygen atoms in total. The van der Waals surface area contributed by atoms with Gasteiger partial charge in [-0.1, -0.05) is 12.2 Å². The van der Waals surface area contributed by atoms with Crippen LogP contribution >= 0.6 is 0 Å². The molecule has 3 heteroatoms. The minimum Gasteiger partial charge on any atom is -0.462 e. The lowest BCUT2D eigenvalue weighted by atomic mass is 10.1. The highest BCUT2D eigenvalue weighted by atomic mass is 16.3. The van der Waals surface area contributed by atoms with Crippen LogP contribution in [0.3, 0.4) is 0 Å². The zero-order chi connectivity index (χ0) is 14.1. The number of furan rings is 1. The number of aliphatic hydroxyl groups is 1. The zero-order valence-corrected chi connectivity index (χ0v) is 11.8. The van der Waals surface area contributed by atoms with Crippen molar-refractivity contribution in [1.29, 1.82) is 0 Å². The van der Waals surface area contributed by atoms with Crippen LogP contribution in [-0.2, 0) is 0 Å². The summed E-state index contributed by atoms with van der Waals surface area (Å²) >= 11 is 0. The van der Waals surface area contributed by atoms with E-state index in [1.807, 2.05) is 32.1 Å². The van der Waals surface area contributed by atoms with Crippen LogP contribution in [0.4, 0.5) is 5.69 Å². The molecule has 0 bridgehead atoms. The molecule has 0 fully saturated rings. The summed E-state index contributed by atoms with van der Waals surface area (Å²) in [5.74, 6) is 0. The molecule has 0 unspecified atom stereocenters. The van der Waals surface area contributed by atoms with Gasteiger partial charge in [0.1, 0.15) is 11.8 Å². The van der Waals surface area contributed by atoms with Gasteiger partial charge >= 0.3 is 0 Å². The molecule has 0 aliphatic carbocycles. The maximum absolute atomic E-state index is 7.00. The monoisotopic (exact) mass is 249 g/mol. The summed E-state index contributed by atoms with van der Waals surface area (Å²) in [5, 5.41) is 8.01. The number of nitrogens with two attached hydrogens (primary N) is 1. The van der Waals surface area contributed by atoms with E-state index in [2.05, 4.69) is 19.9 Å². The van der Waals surface area contributed by atoms with Gasteiger partial charge in [0.25, 0.3) is 0 Å². The molecule has 1 aromatic carbocycles. The minimum atomic E-state index is 0.716. The molecule has 2 rings (SSSR count). The molecule has 2 aromatic rings. The summed E-state index contributed by atoms with van der Waals surface area (Å²) < 4.78 is 5.26. The van der Waals surface area contributed by atoms with Crippen LogP contribution in [0.5, 0.6) is 0 Å². The van der Waals surface area contributed by atoms with Crippen LogP contribution in [0.15, 0.2) is 35.0 Å². The summed E-state index contributed by atoms with van der Waals surface area (Å²) in [6.07, 6.45) is 5.59. The normalized spacial score (nSPS) is 9.67. The summed E-state index contributed by atoms with van der Waals surface area (Å²) in [4.78, 5) is 0. The van der Waals surface area contributed by atoms with Crippen LogP contribution in [0.1, 0.15) is 25.0 Å². The third-order valence-electron chi connectivity index (χ3n) is 2.55. The second-order valence-electron chi connectivity index (χ2n) is 3.79. The molecule has 1 heterocycles. The number of hydrogen-bond acceptors (Lipinski definition) is 3. The average Bonchev–Trinajstić information content (AvgIpc) is 2.74. The molecule has 0 atom stereocenters. The number of aliphatic hydroxyl groups excluding tert-OH is 1. The molecule has 0 saturated heterocycles. The molecule has 3 N–H and O–H groups in total. The van der Waals surface area contributed by atoms with Crippen molar-refractivity contribution in [3.8, 4) is 0 Å². The van der Waals surface area contributed by atoms with Crippen molar-refractivity contribution in [2.75, 3.05) is 12.8 Å². The van der Waals surface area contributed by atoms with Crippen LogP contribution < -0.4 is 5.73 Å². The third-order valence-corrected chi connectivity index (χ3v) is 2.55. The largest absolute Gasteiger partial charge is 0.462 e. The zero-order valence-electron chi connectivity index (χ0n) is 11.8. The molecule has 0 aliphatic heterocycles. The van der Waals surface area contributed by atoms with Crippen molar-refractivity contribution in [1.82, 2.24) is 0 Å². The summed E-state index contributed by atoms with van der Waals surface area (Å²) in [6, 6.07) is 4.07. The number of benzene rings is 1. The lowest BCUT2D eigenvalue weighted by Crippen LogP contribution is -1.83. The van der Waals surface area contributed by atoms with E-state index in [9.17, 15) is 0 Å². The highest BCUT2D eigenvalue weighted by Crippen LogP contribution is 2.25. The molecule has 0 amide bonds. The highest BCUT2D eigenvalue weighted by Gasteiger charge is 2.03. The Kier molecular flexibility index (Phi) is 7.56. The van der Waals surface area contributed by atoms with E-state index in [1.54, 1.807) is 6.26 Å². The first-order chi connectivity index (χ1) is 8.60. The lowest BCUT2D eigenvalue weighted by molar-refractivity contribution is 0.399. The average molecular weight is 249 g/mol. The van der Waals surface area contributed by atoms with Gasteiger partial charge < -0.3 is 15.3 Å². The predicted octanol–water partition coefficient (Wildman–Crippen LogP) is 3.82. The van der Waals surface area contributed by atoms with E-state index in [-0.39, 0.29) is 0 Å². The van der Waals surface area contributed by atoms with Gasteiger partial charge in [0.05, 0.1) is 5.69 Å². The van der Waals surface area contributed by atoms with Crippen LogP contribution in [0, 0.1) is 13.8 Å². The number of nitrogen functional groups attached to an aromatic ring is 1. The number of anilines is 1. The third kappa shape index (κ3) is 4.26. The fourth-order valence-electron chi connectivity index (χ4n) is 1.30. The molecule has 0 saturated carbocycles.